The first-order chi connectivity index (χ1) is 14.8. The van der Waals surface area contributed by atoms with Gasteiger partial charge in [-0.2, -0.15) is 5.10 Å². The first-order valence-corrected chi connectivity index (χ1v) is 10.2. The van der Waals surface area contributed by atoms with Gasteiger partial charge in [-0.05, 0) is 30.7 Å². The highest BCUT2D eigenvalue weighted by atomic mass is 15.3. The van der Waals surface area contributed by atoms with Crippen molar-refractivity contribution in [3.05, 3.63) is 59.8 Å². The lowest BCUT2D eigenvalue weighted by Crippen LogP contribution is -2.44. The van der Waals surface area contributed by atoms with Crippen molar-refractivity contribution < 1.29 is 0 Å². The summed E-state index contributed by atoms with van der Waals surface area (Å²) in [5.74, 6) is 2.18. The largest absolute Gasteiger partial charge is 0.361 e. The predicted octanol–water partition coefficient (Wildman–Crippen LogP) is 2.75. The normalized spacial score (nSPS) is 14.2. The van der Waals surface area contributed by atoms with Gasteiger partial charge in [0, 0.05) is 43.7 Å². The molecule has 8 nitrogen and oxygen atoms in total. The number of benzene rings is 2. The quantitative estimate of drug-likeness (QED) is 0.474. The van der Waals surface area contributed by atoms with E-state index in [-0.39, 0.29) is 0 Å². The summed E-state index contributed by atoms with van der Waals surface area (Å²) in [5, 5.41) is 24.2. The van der Waals surface area contributed by atoms with Crippen LogP contribution in [0.5, 0.6) is 0 Å². The van der Waals surface area contributed by atoms with Gasteiger partial charge >= 0.3 is 0 Å². The molecule has 1 fully saturated rings. The Balaban J connectivity index is 1.50. The number of nitrogens with zero attached hydrogens (tertiary/aromatic N) is 5. The molecule has 2 aromatic heterocycles. The monoisotopic (exact) mass is 400 g/mol. The number of rotatable bonds is 5. The van der Waals surface area contributed by atoms with Gasteiger partial charge in [0.25, 0.3) is 0 Å². The molecular formula is C22H24N8. The minimum atomic E-state index is 0.622. The summed E-state index contributed by atoms with van der Waals surface area (Å²) in [4.78, 5) is 7.20. The second kappa shape index (κ2) is 8.08. The van der Waals surface area contributed by atoms with Gasteiger partial charge in [-0.3, -0.25) is 5.10 Å². The molecule has 1 aliphatic rings. The Hall–Kier alpha value is -3.52. The number of aromatic nitrogens is 5. The fraction of sp³-hybridized carbons (Fsp3) is 0.273. The number of piperazine rings is 1. The van der Waals surface area contributed by atoms with E-state index in [9.17, 15) is 0 Å². The number of nitrogens with one attached hydrogen (secondary N) is 3. The summed E-state index contributed by atoms with van der Waals surface area (Å²) in [5.41, 5.74) is 4.09. The SMILES string of the molecule is Cc1n[nH]c2ccc(-c3nnc(NCc4ccccc4)c(N4CCNCC4)n3)cc12. The van der Waals surface area contributed by atoms with Crippen molar-refractivity contribution in [2.45, 2.75) is 13.5 Å². The van der Waals surface area contributed by atoms with Crippen molar-refractivity contribution in [3.63, 3.8) is 0 Å². The zero-order valence-electron chi connectivity index (χ0n) is 16.9. The van der Waals surface area contributed by atoms with Crippen molar-refractivity contribution in [2.24, 2.45) is 0 Å². The van der Waals surface area contributed by atoms with Crippen molar-refractivity contribution in [1.82, 2.24) is 30.7 Å². The van der Waals surface area contributed by atoms with Gasteiger partial charge in [-0.15, -0.1) is 10.2 Å². The Morgan fingerprint density at radius 3 is 2.70 bits per heavy atom. The third kappa shape index (κ3) is 3.69. The predicted molar refractivity (Wildman–Crippen MR) is 119 cm³/mol. The molecule has 0 atom stereocenters. The van der Waals surface area contributed by atoms with Crippen molar-refractivity contribution >= 4 is 22.5 Å². The number of anilines is 2. The Kier molecular flexibility index (Phi) is 4.98. The van der Waals surface area contributed by atoms with Crippen LogP contribution in [0.1, 0.15) is 11.3 Å². The van der Waals surface area contributed by atoms with Crippen molar-refractivity contribution in [2.75, 3.05) is 36.4 Å². The molecule has 2 aromatic carbocycles. The van der Waals surface area contributed by atoms with Gasteiger partial charge in [0.15, 0.2) is 17.5 Å². The van der Waals surface area contributed by atoms with Crippen LogP contribution in [0, 0.1) is 6.92 Å². The van der Waals surface area contributed by atoms with E-state index in [1.165, 1.54) is 5.56 Å². The van der Waals surface area contributed by atoms with Crippen LogP contribution in [0.15, 0.2) is 48.5 Å². The van der Waals surface area contributed by atoms with E-state index in [4.69, 9.17) is 4.98 Å². The van der Waals surface area contributed by atoms with Gasteiger partial charge < -0.3 is 15.5 Å². The number of fused-ring (bicyclic) bond motifs is 1. The lowest BCUT2D eigenvalue weighted by atomic mass is 10.1. The Morgan fingerprint density at radius 2 is 1.87 bits per heavy atom. The van der Waals surface area contributed by atoms with Crippen LogP contribution in [0.3, 0.4) is 0 Å². The number of aryl methyl sites for hydroxylation is 1. The summed E-state index contributed by atoms with van der Waals surface area (Å²) in [6.45, 7) is 6.30. The standard InChI is InChI=1S/C22H24N8/c1-15-18-13-17(7-8-19(18)27-26-15)20-25-22(30-11-9-23-10-12-30)21(29-28-20)24-14-16-5-3-2-4-6-16/h2-8,13,23H,9-12,14H2,1H3,(H,24,29)(H,26,27). The number of hydrogen-bond donors (Lipinski definition) is 3. The van der Waals surface area contributed by atoms with Crippen LogP contribution in [0.2, 0.25) is 0 Å². The van der Waals surface area contributed by atoms with Crippen LogP contribution in [0.4, 0.5) is 11.6 Å². The molecule has 3 heterocycles. The summed E-state index contributed by atoms with van der Waals surface area (Å²) >= 11 is 0. The number of H-pyrrole nitrogens is 1. The van der Waals surface area contributed by atoms with Gasteiger partial charge in [-0.25, -0.2) is 4.98 Å². The van der Waals surface area contributed by atoms with E-state index < -0.39 is 0 Å². The molecule has 152 valence electrons. The summed E-state index contributed by atoms with van der Waals surface area (Å²) < 4.78 is 0. The molecular weight excluding hydrogens is 376 g/mol. The van der Waals surface area contributed by atoms with Gasteiger partial charge in [0.2, 0.25) is 0 Å². The number of aromatic amines is 1. The number of hydrogen-bond acceptors (Lipinski definition) is 7. The zero-order valence-corrected chi connectivity index (χ0v) is 16.9. The molecule has 0 aliphatic carbocycles. The minimum Gasteiger partial charge on any atom is -0.361 e. The van der Waals surface area contributed by atoms with Crippen LogP contribution in [-0.4, -0.2) is 51.6 Å². The van der Waals surface area contributed by atoms with Gasteiger partial charge in [0.05, 0.1) is 11.2 Å². The fourth-order valence-corrected chi connectivity index (χ4v) is 3.72. The van der Waals surface area contributed by atoms with E-state index >= 15 is 0 Å². The summed E-state index contributed by atoms with van der Waals surface area (Å²) in [7, 11) is 0. The molecule has 0 radical (unpaired) electrons. The first kappa shape index (κ1) is 18.5. The summed E-state index contributed by atoms with van der Waals surface area (Å²) in [6.07, 6.45) is 0. The highest BCUT2D eigenvalue weighted by molar-refractivity contribution is 5.85. The maximum atomic E-state index is 4.93. The molecule has 0 saturated carbocycles. The molecule has 4 aromatic rings. The smallest absolute Gasteiger partial charge is 0.192 e. The zero-order chi connectivity index (χ0) is 20.3. The van der Waals surface area contributed by atoms with Crippen molar-refractivity contribution in [1.29, 1.82) is 0 Å². The van der Waals surface area contributed by atoms with Crippen LogP contribution in [-0.2, 0) is 6.54 Å². The molecule has 1 saturated heterocycles. The van der Waals surface area contributed by atoms with Gasteiger partial charge in [-0.1, -0.05) is 30.3 Å². The van der Waals surface area contributed by atoms with E-state index in [2.05, 4.69) is 54.1 Å². The molecule has 0 unspecified atom stereocenters. The molecule has 1 aliphatic heterocycles. The van der Waals surface area contributed by atoms with E-state index in [0.717, 1.165) is 54.2 Å². The third-order valence-corrected chi connectivity index (χ3v) is 5.40. The molecule has 3 N–H and O–H groups in total. The maximum absolute atomic E-state index is 4.93. The van der Waals surface area contributed by atoms with Crippen LogP contribution < -0.4 is 15.5 Å². The molecule has 0 amide bonds. The Bertz CT molecular complexity index is 1150. The third-order valence-electron chi connectivity index (χ3n) is 5.40. The van der Waals surface area contributed by atoms with E-state index in [1.54, 1.807) is 0 Å². The second-order valence-electron chi connectivity index (χ2n) is 7.45. The average Bonchev–Trinajstić information content (AvgIpc) is 3.19. The van der Waals surface area contributed by atoms with E-state index in [1.807, 2.05) is 37.3 Å². The lowest BCUT2D eigenvalue weighted by Gasteiger charge is -2.29. The highest BCUT2D eigenvalue weighted by Crippen LogP contribution is 2.27. The Labute approximate surface area is 174 Å². The molecule has 0 spiro atoms. The minimum absolute atomic E-state index is 0.622. The van der Waals surface area contributed by atoms with E-state index in [0.29, 0.717) is 18.2 Å². The maximum Gasteiger partial charge on any atom is 0.192 e. The lowest BCUT2D eigenvalue weighted by molar-refractivity contribution is 0.584. The topological polar surface area (TPSA) is 94.6 Å². The van der Waals surface area contributed by atoms with Gasteiger partial charge in [0.1, 0.15) is 0 Å². The molecule has 5 rings (SSSR count). The van der Waals surface area contributed by atoms with Crippen molar-refractivity contribution in [3.8, 4) is 11.4 Å². The first-order valence-electron chi connectivity index (χ1n) is 10.2. The average molecular weight is 400 g/mol. The van der Waals surface area contributed by atoms with Crippen LogP contribution in [0.25, 0.3) is 22.3 Å². The molecule has 8 heteroatoms. The highest BCUT2D eigenvalue weighted by Gasteiger charge is 2.19. The molecule has 0 bridgehead atoms. The second-order valence-corrected chi connectivity index (χ2v) is 7.45. The van der Waals surface area contributed by atoms with Crippen LogP contribution >= 0.6 is 0 Å². The Morgan fingerprint density at radius 1 is 1.03 bits per heavy atom. The summed E-state index contributed by atoms with van der Waals surface area (Å²) in [6, 6.07) is 16.4. The molecule has 30 heavy (non-hydrogen) atoms. The fourth-order valence-electron chi connectivity index (χ4n) is 3.72.